The molecule has 14 heavy (non-hydrogen) atoms. The van der Waals surface area contributed by atoms with Crippen LogP contribution in [0.3, 0.4) is 0 Å². The lowest BCUT2D eigenvalue weighted by Gasteiger charge is -2.36. The number of nitrogens with two attached hydrogens (primary N) is 1. The first-order valence-electron chi connectivity index (χ1n) is 5.93. The number of hydrogen-bond acceptors (Lipinski definition) is 2. The molecule has 2 heteroatoms. The molecular formula is C12H28N2. The molecule has 0 heterocycles. The molecule has 0 aliphatic rings. The van der Waals surface area contributed by atoms with Crippen LogP contribution in [0.4, 0.5) is 0 Å². The number of nitrogens with zero attached hydrogens (tertiary/aromatic N) is 1. The second-order valence-corrected chi connectivity index (χ2v) is 4.92. The summed E-state index contributed by atoms with van der Waals surface area (Å²) < 4.78 is 0. The van der Waals surface area contributed by atoms with Crippen molar-refractivity contribution >= 4 is 0 Å². The fraction of sp³-hybridized carbons (Fsp3) is 1.00. The quantitative estimate of drug-likeness (QED) is 0.684. The van der Waals surface area contributed by atoms with Gasteiger partial charge in [0.25, 0.3) is 0 Å². The highest BCUT2D eigenvalue weighted by Gasteiger charge is 2.25. The zero-order chi connectivity index (χ0) is 11.2. The van der Waals surface area contributed by atoms with Gasteiger partial charge in [0.1, 0.15) is 0 Å². The van der Waals surface area contributed by atoms with Crippen LogP contribution in [-0.4, -0.2) is 30.6 Å². The van der Waals surface area contributed by atoms with Gasteiger partial charge in [0.05, 0.1) is 0 Å². The van der Waals surface area contributed by atoms with Crippen LogP contribution >= 0.6 is 0 Å². The Kier molecular flexibility index (Phi) is 6.38. The van der Waals surface area contributed by atoms with E-state index in [0.717, 1.165) is 19.6 Å². The van der Waals surface area contributed by atoms with Crippen LogP contribution in [0.15, 0.2) is 0 Å². The van der Waals surface area contributed by atoms with Crippen molar-refractivity contribution in [3.8, 4) is 0 Å². The molecule has 0 aromatic heterocycles. The maximum Gasteiger partial charge on any atom is 0.00500 e. The van der Waals surface area contributed by atoms with Crippen molar-refractivity contribution in [2.24, 2.45) is 11.1 Å². The third-order valence-corrected chi connectivity index (χ3v) is 3.07. The van der Waals surface area contributed by atoms with Crippen LogP contribution in [0.25, 0.3) is 0 Å². The predicted octanol–water partition coefficient (Wildman–Crippen LogP) is 2.48. The van der Waals surface area contributed by atoms with E-state index in [1.54, 1.807) is 0 Å². The van der Waals surface area contributed by atoms with E-state index in [-0.39, 0.29) is 0 Å². The summed E-state index contributed by atoms with van der Waals surface area (Å²) in [6.07, 6.45) is 2.45. The summed E-state index contributed by atoms with van der Waals surface area (Å²) >= 11 is 0. The Labute approximate surface area is 89.9 Å². The van der Waals surface area contributed by atoms with Crippen LogP contribution in [0, 0.1) is 5.41 Å². The Balaban J connectivity index is 4.26. The summed E-state index contributed by atoms with van der Waals surface area (Å²) in [7, 11) is 0. The maximum absolute atomic E-state index is 5.87. The van der Waals surface area contributed by atoms with Crippen molar-refractivity contribution in [2.45, 2.75) is 53.5 Å². The molecule has 0 aliphatic carbocycles. The van der Waals surface area contributed by atoms with Crippen molar-refractivity contribution in [1.82, 2.24) is 4.90 Å². The molecule has 0 fully saturated rings. The summed E-state index contributed by atoms with van der Waals surface area (Å²) in [4.78, 5) is 2.50. The van der Waals surface area contributed by atoms with E-state index < -0.39 is 0 Å². The van der Waals surface area contributed by atoms with Gasteiger partial charge in [0, 0.05) is 12.6 Å². The smallest absolute Gasteiger partial charge is 0.00500 e. The van der Waals surface area contributed by atoms with Crippen LogP contribution in [0.2, 0.25) is 0 Å². The van der Waals surface area contributed by atoms with Crippen molar-refractivity contribution in [3.05, 3.63) is 0 Å². The van der Waals surface area contributed by atoms with E-state index in [1.165, 1.54) is 12.8 Å². The molecule has 86 valence electrons. The first kappa shape index (κ1) is 13.9. The van der Waals surface area contributed by atoms with Crippen molar-refractivity contribution in [3.63, 3.8) is 0 Å². The Morgan fingerprint density at radius 2 is 1.86 bits per heavy atom. The van der Waals surface area contributed by atoms with E-state index in [4.69, 9.17) is 5.73 Å². The van der Waals surface area contributed by atoms with Crippen LogP contribution in [-0.2, 0) is 0 Å². The van der Waals surface area contributed by atoms with Gasteiger partial charge < -0.3 is 10.6 Å². The molecule has 0 aliphatic heterocycles. The van der Waals surface area contributed by atoms with Crippen molar-refractivity contribution in [1.29, 1.82) is 0 Å². The van der Waals surface area contributed by atoms with Gasteiger partial charge in [-0.15, -0.1) is 0 Å². The molecule has 2 N–H and O–H groups in total. The SMILES string of the molecule is CCCC(C)(CN)CN(CC)C(C)C. The highest BCUT2D eigenvalue weighted by Crippen LogP contribution is 2.23. The summed E-state index contributed by atoms with van der Waals surface area (Å²) in [5, 5.41) is 0. The topological polar surface area (TPSA) is 29.3 Å². The summed E-state index contributed by atoms with van der Waals surface area (Å²) in [6, 6.07) is 0.628. The van der Waals surface area contributed by atoms with Crippen LogP contribution in [0.1, 0.15) is 47.5 Å². The molecule has 0 saturated heterocycles. The van der Waals surface area contributed by atoms with Gasteiger partial charge in [0.2, 0.25) is 0 Å². The van der Waals surface area contributed by atoms with Gasteiger partial charge in [-0.1, -0.05) is 27.2 Å². The molecule has 0 radical (unpaired) electrons. The summed E-state index contributed by atoms with van der Waals surface area (Å²) in [5.74, 6) is 0. The molecule has 0 spiro atoms. The Morgan fingerprint density at radius 1 is 1.29 bits per heavy atom. The molecule has 0 aromatic rings. The van der Waals surface area contributed by atoms with Gasteiger partial charge in [-0.05, 0) is 38.8 Å². The summed E-state index contributed by atoms with van der Waals surface area (Å²) in [5.41, 5.74) is 6.17. The molecule has 0 saturated carbocycles. The van der Waals surface area contributed by atoms with Crippen LogP contribution in [0.5, 0.6) is 0 Å². The van der Waals surface area contributed by atoms with E-state index in [0.29, 0.717) is 11.5 Å². The average molecular weight is 200 g/mol. The fourth-order valence-corrected chi connectivity index (χ4v) is 2.00. The first-order chi connectivity index (χ1) is 6.49. The maximum atomic E-state index is 5.87. The van der Waals surface area contributed by atoms with E-state index in [9.17, 15) is 0 Å². The molecule has 0 amide bonds. The second kappa shape index (κ2) is 6.41. The molecule has 0 rings (SSSR count). The van der Waals surface area contributed by atoms with Gasteiger partial charge >= 0.3 is 0 Å². The fourth-order valence-electron chi connectivity index (χ4n) is 2.00. The Morgan fingerprint density at radius 3 is 2.14 bits per heavy atom. The van der Waals surface area contributed by atoms with E-state index >= 15 is 0 Å². The molecule has 1 atom stereocenters. The van der Waals surface area contributed by atoms with Gasteiger partial charge in [-0.25, -0.2) is 0 Å². The largest absolute Gasteiger partial charge is 0.330 e. The minimum atomic E-state index is 0.301. The third-order valence-electron chi connectivity index (χ3n) is 3.07. The van der Waals surface area contributed by atoms with Gasteiger partial charge in [0.15, 0.2) is 0 Å². The second-order valence-electron chi connectivity index (χ2n) is 4.92. The lowest BCUT2D eigenvalue weighted by Crippen LogP contribution is -2.43. The zero-order valence-electron chi connectivity index (χ0n) is 10.6. The average Bonchev–Trinajstić information content (AvgIpc) is 2.14. The number of hydrogen-bond donors (Lipinski definition) is 1. The van der Waals surface area contributed by atoms with E-state index in [2.05, 4.69) is 39.5 Å². The van der Waals surface area contributed by atoms with Crippen molar-refractivity contribution in [2.75, 3.05) is 19.6 Å². The lowest BCUT2D eigenvalue weighted by molar-refractivity contribution is 0.135. The highest BCUT2D eigenvalue weighted by molar-refractivity contribution is 4.80. The lowest BCUT2D eigenvalue weighted by atomic mass is 9.85. The Bertz CT molecular complexity index is 145. The van der Waals surface area contributed by atoms with E-state index in [1.807, 2.05) is 0 Å². The molecule has 0 bridgehead atoms. The minimum Gasteiger partial charge on any atom is -0.330 e. The normalized spacial score (nSPS) is 16.3. The Hall–Kier alpha value is -0.0800. The minimum absolute atomic E-state index is 0.301. The predicted molar refractivity (Wildman–Crippen MR) is 64.5 cm³/mol. The number of rotatable bonds is 7. The molecule has 1 unspecified atom stereocenters. The molecule has 2 nitrogen and oxygen atoms in total. The molecule has 0 aromatic carbocycles. The third kappa shape index (κ3) is 4.43. The van der Waals surface area contributed by atoms with Gasteiger partial charge in [-0.2, -0.15) is 0 Å². The van der Waals surface area contributed by atoms with Crippen LogP contribution < -0.4 is 5.73 Å². The monoisotopic (exact) mass is 200 g/mol. The molecular weight excluding hydrogens is 172 g/mol. The van der Waals surface area contributed by atoms with Crippen molar-refractivity contribution < 1.29 is 0 Å². The van der Waals surface area contributed by atoms with Gasteiger partial charge in [-0.3, -0.25) is 0 Å². The highest BCUT2D eigenvalue weighted by atomic mass is 15.1. The standard InChI is InChI=1S/C12H28N2/c1-6-8-12(5,9-13)10-14(7-2)11(3)4/h11H,6-10,13H2,1-5H3. The summed E-state index contributed by atoms with van der Waals surface area (Å²) in [6.45, 7) is 14.3. The zero-order valence-corrected chi connectivity index (χ0v) is 10.6. The first-order valence-corrected chi connectivity index (χ1v) is 5.93.